The van der Waals surface area contributed by atoms with E-state index in [-0.39, 0.29) is 18.8 Å². The summed E-state index contributed by atoms with van der Waals surface area (Å²) >= 11 is 0. The summed E-state index contributed by atoms with van der Waals surface area (Å²) in [6.07, 6.45) is -2.50. The molecule has 0 aliphatic carbocycles. The van der Waals surface area contributed by atoms with Gasteiger partial charge in [-0.25, -0.2) is 14.6 Å². The van der Waals surface area contributed by atoms with E-state index in [9.17, 15) is 13.6 Å². The van der Waals surface area contributed by atoms with E-state index in [1.165, 1.54) is 6.07 Å². The number of hydrogen-bond acceptors (Lipinski definition) is 4. The maximum Gasteiger partial charge on any atom is 0.268 e. The number of nitrogen functional groups attached to an aromatic ring is 1. The van der Waals surface area contributed by atoms with Gasteiger partial charge in [0.15, 0.2) is 0 Å². The molecule has 0 radical (unpaired) electrons. The maximum atomic E-state index is 11.8. The predicted octanol–water partition coefficient (Wildman–Crippen LogP) is 0.951. The summed E-state index contributed by atoms with van der Waals surface area (Å²) in [4.78, 5) is 11.4. The number of rotatable bonds is 7. The molecule has 7 heteroatoms. The Labute approximate surface area is 103 Å². The highest BCUT2D eigenvalue weighted by Gasteiger charge is 2.10. The molecule has 1 aromatic rings. The lowest BCUT2D eigenvalue weighted by molar-refractivity contribution is 0.00757. The fraction of sp³-hybridized carbons (Fsp3) is 0.364. The average Bonchev–Trinajstić information content (AvgIpc) is 2.37. The standard InChI is InChI=1S/C11H14F2N2O3/c12-10(13)7-17-5-6-18-9-4-2-1-3-8(9)11(16)15-14/h1-4,10H,5-7,14H2,(H,15,16). The van der Waals surface area contributed by atoms with Crippen molar-refractivity contribution in [2.45, 2.75) is 6.43 Å². The third-order valence-corrected chi connectivity index (χ3v) is 1.99. The monoisotopic (exact) mass is 260 g/mol. The number of para-hydroxylation sites is 1. The van der Waals surface area contributed by atoms with E-state index in [0.717, 1.165) is 0 Å². The van der Waals surface area contributed by atoms with Crippen LogP contribution >= 0.6 is 0 Å². The first-order valence-electron chi connectivity index (χ1n) is 5.23. The van der Waals surface area contributed by atoms with Crippen molar-refractivity contribution in [3.05, 3.63) is 29.8 Å². The van der Waals surface area contributed by atoms with Gasteiger partial charge in [0.25, 0.3) is 12.3 Å². The minimum atomic E-state index is -2.50. The molecule has 0 aliphatic rings. The van der Waals surface area contributed by atoms with Crippen molar-refractivity contribution in [2.24, 2.45) is 5.84 Å². The van der Waals surface area contributed by atoms with Crippen molar-refractivity contribution in [1.82, 2.24) is 5.43 Å². The van der Waals surface area contributed by atoms with Crippen LogP contribution in [0.1, 0.15) is 10.4 Å². The lowest BCUT2D eigenvalue weighted by atomic mass is 10.2. The van der Waals surface area contributed by atoms with E-state index < -0.39 is 18.9 Å². The third kappa shape index (κ3) is 4.64. The number of carbonyl (C=O) groups is 1. The fourth-order valence-corrected chi connectivity index (χ4v) is 1.24. The van der Waals surface area contributed by atoms with E-state index in [1.54, 1.807) is 18.2 Å². The minimum absolute atomic E-state index is 0.0168. The van der Waals surface area contributed by atoms with Gasteiger partial charge < -0.3 is 9.47 Å². The van der Waals surface area contributed by atoms with Crippen LogP contribution in [0.25, 0.3) is 0 Å². The lowest BCUT2D eigenvalue weighted by Gasteiger charge is -2.10. The Hall–Kier alpha value is -1.73. The van der Waals surface area contributed by atoms with Crippen LogP contribution in [-0.2, 0) is 4.74 Å². The highest BCUT2D eigenvalue weighted by Crippen LogP contribution is 2.17. The number of nitrogens with two attached hydrogens (primary N) is 1. The second-order valence-corrected chi connectivity index (χ2v) is 3.28. The van der Waals surface area contributed by atoms with Crippen molar-refractivity contribution in [3.8, 4) is 5.75 Å². The summed E-state index contributed by atoms with van der Waals surface area (Å²) in [6, 6.07) is 6.46. The van der Waals surface area contributed by atoms with Crippen LogP contribution in [0.15, 0.2) is 24.3 Å². The number of carbonyl (C=O) groups excluding carboxylic acids is 1. The molecule has 0 spiro atoms. The topological polar surface area (TPSA) is 73.6 Å². The van der Waals surface area contributed by atoms with E-state index in [4.69, 9.17) is 10.6 Å². The molecule has 0 fully saturated rings. The van der Waals surface area contributed by atoms with Gasteiger partial charge in [-0.15, -0.1) is 0 Å². The largest absolute Gasteiger partial charge is 0.490 e. The molecule has 1 rings (SSSR count). The molecule has 1 amide bonds. The van der Waals surface area contributed by atoms with E-state index >= 15 is 0 Å². The van der Waals surface area contributed by atoms with Crippen molar-refractivity contribution < 1.29 is 23.0 Å². The molecular formula is C11H14F2N2O3. The molecule has 0 aromatic heterocycles. The highest BCUT2D eigenvalue weighted by molar-refractivity contribution is 5.96. The highest BCUT2D eigenvalue weighted by atomic mass is 19.3. The van der Waals surface area contributed by atoms with E-state index in [0.29, 0.717) is 5.75 Å². The van der Waals surface area contributed by atoms with Gasteiger partial charge in [-0.1, -0.05) is 12.1 Å². The Bertz CT molecular complexity index is 388. The number of hydrazine groups is 1. The first-order valence-corrected chi connectivity index (χ1v) is 5.23. The molecule has 100 valence electrons. The zero-order valence-electron chi connectivity index (χ0n) is 9.57. The number of nitrogens with one attached hydrogen (secondary N) is 1. The van der Waals surface area contributed by atoms with Gasteiger partial charge in [0.1, 0.15) is 19.0 Å². The molecule has 1 aromatic carbocycles. The summed E-state index contributed by atoms with van der Waals surface area (Å²) < 4.78 is 33.4. The van der Waals surface area contributed by atoms with Crippen LogP contribution in [0.2, 0.25) is 0 Å². The predicted molar refractivity (Wildman–Crippen MR) is 60.4 cm³/mol. The Morgan fingerprint density at radius 3 is 2.72 bits per heavy atom. The number of hydrogen-bond donors (Lipinski definition) is 2. The van der Waals surface area contributed by atoms with E-state index in [2.05, 4.69) is 4.74 Å². The van der Waals surface area contributed by atoms with Crippen molar-refractivity contribution >= 4 is 5.91 Å². The number of amides is 1. The van der Waals surface area contributed by atoms with E-state index in [1.807, 2.05) is 5.43 Å². The van der Waals surface area contributed by atoms with Gasteiger partial charge >= 0.3 is 0 Å². The van der Waals surface area contributed by atoms with Crippen LogP contribution < -0.4 is 16.0 Å². The average molecular weight is 260 g/mol. The molecule has 18 heavy (non-hydrogen) atoms. The maximum absolute atomic E-state index is 11.8. The lowest BCUT2D eigenvalue weighted by Crippen LogP contribution is -2.30. The van der Waals surface area contributed by atoms with Crippen LogP contribution in [0.3, 0.4) is 0 Å². The van der Waals surface area contributed by atoms with Gasteiger partial charge in [0.2, 0.25) is 0 Å². The van der Waals surface area contributed by atoms with Crippen molar-refractivity contribution in [1.29, 1.82) is 0 Å². The third-order valence-electron chi connectivity index (χ3n) is 1.99. The molecule has 5 nitrogen and oxygen atoms in total. The van der Waals surface area contributed by atoms with Gasteiger partial charge in [-0.2, -0.15) is 0 Å². The van der Waals surface area contributed by atoms with Gasteiger partial charge in [-0.3, -0.25) is 10.2 Å². The summed E-state index contributed by atoms with van der Waals surface area (Å²) in [5.74, 6) is 4.85. The van der Waals surface area contributed by atoms with Crippen molar-refractivity contribution in [2.75, 3.05) is 19.8 Å². The molecule has 0 heterocycles. The summed E-state index contributed by atoms with van der Waals surface area (Å²) in [6.45, 7) is -0.543. The van der Waals surface area contributed by atoms with Gasteiger partial charge in [-0.05, 0) is 12.1 Å². The minimum Gasteiger partial charge on any atom is -0.490 e. The SMILES string of the molecule is NNC(=O)c1ccccc1OCCOCC(F)F. The Morgan fingerprint density at radius 1 is 1.33 bits per heavy atom. The first-order chi connectivity index (χ1) is 8.65. The normalized spacial score (nSPS) is 10.4. The Balaban J connectivity index is 2.44. The second-order valence-electron chi connectivity index (χ2n) is 3.28. The summed E-state index contributed by atoms with van der Waals surface area (Å²) in [7, 11) is 0. The summed E-state index contributed by atoms with van der Waals surface area (Å²) in [5.41, 5.74) is 2.26. The molecule has 0 aliphatic heterocycles. The smallest absolute Gasteiger partial charge is 0.268 e. The molecule has 0 bridgehead atoms. The zero-order valence-corrected chi connectivity index (χ0v) is 9.57. The van der Waals surface area contributed by atoms with Crippen LogP contribution in [0, 0.1) is 0 Å². The number of alkyl halides is 2. The molecule has 0 saturated carbocycles. The fourth-order valence-electron chi connectivity index (χ4n) is 1.24. The van der Waals surface area contributed by atoms with Crippen LogP contribution in [-0.4, -0.2) is 32.2 Å². The quantitative estimate of drug-likeness (QED) is 0.331. The molecule has 3 N–H and O–H groups in total. The molecular weight excluding hydrogens is 246 g/mol. The van der Waals surface area contributed by atoms with Gasteiger partial charge in [0.05, 0.1) is 12.2 Å². The van der Waals surface area contributed by atoms with Crippen LogP contribution in [0.5, 0.6) is 5.75 Å². The van der Waals surface area contributed by atoms with Gasteiger partial charge in [0, 0.05) is 0 Å². The Kier molecular flexibility index (Phi) is 6.03. The summed E-state index contributed by atoms with van der Waals surface area (Å²) in [5, 5.41) is 0. The number of halogens is 2. The number of benzene rings is 1. The zero-order chi connectivity index (χ0) is 13.4. The second kappa shape index (κ2) is 7.57. The first kappa shape index (κ1) is 14.3. The number of ether oxygens (including phenoxy) is 2. The molecule has 0 unspecified atom stereocenters. The molecule has 0 saturated heterocycles. The van der Waals surface area contributed by atoms with Crippen molar-refractivity contribution in [3.63, 3.8) is 0 Å². The van der Waals surface area contributed by atoms with Crippen LogP contribution in [0.4, 0.5) is 8.78 Å². The molecule has 0 atom stereocenters. The Morgan fingerprint density at radius 2 is 2.06 bits per heavy atom.